The molecule has 1 fully saturated rings. The topological polar surface area (TPSA) is 138 Å². The molecule has 11 heteroatoms. The number of benzene rings is 2. The van der Waals surface area contributed by atoms with Crippen molar-refractivity contribution in [1.82, 2.24) is 20.1 Å². The minimum absolute atomic E-state index is 0.133. The maximum Gasteiger partial charge on any atom is 0.251 e. The third-order valence-electron chi connectivity index (χ3n) is 6.25. The summed E-state index contributed by atoms with van der Waals surface area (Å²) in [7, 11) is -3.51. The number of amides is 2. The summed E-state index contributed by atoms with van der Waals surface area (Å²) in [6.45, 7) is 2.30. The van der Waals surface area contributed by atoms with Crippen molar-refractivity contribution in [2.24, 2.45) is 5.92 Å². The van der Waals surface area contributed by atoms with Crippen molar-refractivity contribution in [3.8, 4) is 5.75 Å². The van der Waals surface area contributed by atoms with Gasteiger partial charge in [0.15, 0.2) is 0 Å². The molecular formula is C25H28N4O6S. The number of nitrogens with zero attached hydrogens (tertiary/aromatic N) is 2. The van der Waals surface area contributed by atoms with Crippen LogP contribution < -0.4 is 15.5 Å². The minimum atomic E-state index is -3.51. The Morgan fingerprint density at radius 2 is 1.89 bits per heavy atom. The zero-order chi connectivity index (χ0) is 25.9. The fourth-order valence-corrected chi connectivity index (χ4v) is 5.24. The molecule has 0 radical (unpaired) electrons. The van der Waals surface area contributed by atoms with Gasteiger partial charge < -0.3 is 10.1 Å². The monoisotopic (exact) mass is 512 g/mol. The van der Waals surface area contributed by atoms with Gasteiger partial charge in [0.05, 0.1) is 17.7 Å². The smallest absolute Gasteiger partial charge is 0.251 e. The number of para-hydroxylation sites is 1. The number of ether oxygens (including phenoxy) is 1. The molecular weight excluding hydrogens is 484 g/mol. The molecule has 190 valence electrons. The number of hydrogen-bond acceptors (Lipinski definition) is 7. The highest BCUT2D eigenvalue weighted by Gasteiger charge is 2.38. The van der Waals surface area contributed by atoms with Crippen LogP contribution in [0.4, 0.5) is 0 Å². The number of piperidine rings is 1. The molecule has 2 aromatic carbocycles. The zero-order valence-electron chi connectivity index (χ0n) is 20.0. The molecule has 10 nitrogen and oxygen atoms in total. The predicted octanol–water partition coefficient (Wildman–Crippen LogP) is 2.01. The van der Waals surface area contributed by atoms with Crippen molar-refractivity contribution in [3.05, 3.63) is 71.4 Å². The maximum atomic E-state index is 12.8. The summed E-state index contributed by atoms with van der Waals surface area (Å²) in [6.07, 6.45) is 1.29. The summed E-state index contributed by atoms with van der Waals surface area (Å²) in [6, 6.07) is 15.8. The van der Waals surface area contributed by atoms with Crippen molar-refractivity contribution in [2.75, 3.05) is 19.3 Å². The van der Waals surface area contributed by atoms with Gasteiger partial charge in [0.25, 0.3) is 5.91 Å². The molecule has 4 rings (SSSR count). The Morgan fingerprint density at radius 3 is 2.58 bits per heavy atom. The minimum Gasteiger partial charge on any atom is -0.489 e. The van der Waals surface area contributed by atoms with E-state index in [2.05, 4.69) is 10.3 Å². The van der Waals surface area contributed by atoms with Crippen LogP contribution in [0.25, 0.3) is 10.9 Å². The lowest BCUT2D eigenvalue weighted by atomic mass is 9.92. The van der Waals surface area contributed by atoms with Crippen LogP contribution in [0.2, 0.25) is 0 Å². The normalized spacial score (nSPS) is 18.5. The molecule has 0 aliphatic carbocycles. The highest BCUT2D eigenvalue weighted by Crippen LogP contribution is 2.23. The highest BCUT2D eigenvalue weighted by atomic mass is 32.2. The summed E-state index contributed by atoms with van der Waals surface area (Å²) in [4.78, 5) is 29.5. The molecule has 3 aromatic rings. The molecule has 0 bridgehead atoms. The van der Waals surface area contributed by atoms with Gasteiger partial charge in [0.1, 0.15) is 12.4 Å². The lowest BCUT2D eigenvalue weighted by Gasteiger charge is -2.36. The van der Waals surface area contributed by atoms with E-state index < -0.39 is 33.8 Å². The molecule has 1 aliphatic heterocycles. The van der Waals surface area contributed by atoms with E-state index in [9.17, 15) is 18.0 Å². The maximum absolute atomic E-state index is 12.8. The van der Waals surface area contributed by atoms with Crippen LogP contribution in [0.15, 0.2) is 54.6 Å². The number of carbonyl (C=O) groups excluding carboxylic acids is 2. The van der Waals surface area contributed by atoms with Crippen molar-refractivity contribution < 1.29 is 28.0 Å². The number of hydrogen-bond donors (Lipinski definition) is 3. The first-order chi connectivity index (χ1) is 17.2. The van der Waals surface area contributed by atoms with Crippen LogP contribution in [-0.2, 0) is 21.4 Å². The summed E-state index contributed by atoms with van der Waals surface area (Å²) in [5.41, 5.74) is 4.74. The standard InChI is InChI=1S/C25H28N4O6S/c1-16-13-18(20-5-3-4-6-22(20)26-16)15-35-19-9-7-17(8-10-19)24(30)27-23-11-12-29(36(2,33)34)14-21(23)25(31)28-32/h3-10,13,21,23,32H,11-12,14-15H2,1-2H3,(H,27,30)(H,28,31)/t21-,23+/m0/s1. The molecule has 3 N–H and O–H groups in total. The zero-order valence-corrected chi connectivity index (χ0v) is 20.8. The second-order valence-corrected chi connectivity index (χ2v) is 10.8. The average Bonchev–Trinajstić information content (AvgIpc) is 2.86. The predicted molar refractivity (Wildman–Crippen MR) is 133 cm³/mol. The van der Waals surface area contributed by atoms with Gasteiger partial charge >= 0.3 is 0 Å². The third-order valence-corrected chi connectivity index (χ3v) is 7.52. The molecule has 36 heavy (non-hydrogen) atoms. The van der Waals surface area contributed by atoms with Gasteiger partial charge in [-0.1, -0.05) is 18.2 Å². The van der Waals surface area contributed by atoms with Gasteiger partial charge in [0, 0.05) is 41.3 Å². The van der Waals surface area contributed by atoms with Gasteiger partial charge in [-0.2, -0.15) is 0 Å². The Balaban J connectivity index is 1.41. The van der Waals surface area contributed by atoms with Crippen molar-refractivity contribution in [2.45, 2.75) is 26.0 Å². The number of aromatic nitrogens is 1. The van der Waals surface area contributed by atoms with E-state index in [1.807, 2.05) is 37.3 Å². The van der Waals surface area contributed by atoms with E-state index in [1.165, 1.54) is 0 Å². The Kier molecular flexibility index (Phi) is 7.53. The molecule has 0 saturated carbocycles. The average molecular weight is 513 g/mol. The van der Waals surface area contributed by atoms with Crippen LogP contribution in [0.5, 0.6) is 5.75 Å². The van der Waals surface area contributed by atoms with Crippen molar-refractivity contribution >= 4 is 32.7 Å². The lowest BCUT2D eigenvalue weighted by Crippen LogP contribution is -2.56. The summed E-state index contributed by atoms with van der Waals surface area (Å²) in [5, 5.41) is 12.9. The van der Waals surface area contributed by atoms with Gasteiger partial charge in [0.2, 0.25) is 15.9 Å². The number of rotatable bonds is 7. The number of hydroxylamine groups is 1. The van der Waals surface area contributed by atoms with Crippen LogP contribution in [-0.4, -0.2) is 60.1 Å². The fraction of sp³-hybridized carbons (Fsp3) is 0.320. The van der Waals surface area contributed by atoms with E-state index >= 15 is 0 Å². The Hall–Kier alpha value is -3.54. The summed E-state index contributed by atoms with van der Waals surface area (Å²) in [5.74, 6) is -1.50. The van der Waals surface area contributed by atoms with E-state index in [-0.39, 0.29) is 19.5 Å². The number of aryl methyl sites for hydroxylation is 1. The molecule has 2 atom stereocenters. The van der Waals surface area contributed by atoms with Gasteiger partial charge in [-0.05, 0) is 49.7 Å². The van der Waals surface area contributed by atoms with Crippen molar-refractivity contribution in [3.63, 3.8) is 0 Å². The molecule has 1 aromatic heterocycles. The largest absolute Gasteiger partial charge is 0.489 e. The van der Waals surface area contributed by atoms with E-state index in [0.29, 0.717) is 17.9 Å². The quantitative estimate of drug-likeness (QED) is 0.325. The van der Waals surface area contributed by atoms with Gasteiger partial charge in [-0.25, -0.2) is 18.2 Å². The Bertz CT molecular complexity index is 1380. The lowest BCUT2D eigenvalue weighted by molar-refractivity contribution is -0.135. The van der Waals surface area contributed by atoms with Gasteiger partial charge in [-0.15, -0.1) is 0 Å². The second-order valence-electron chi connectivity index (χ2n) is 8.83. The number of sulfonamides is 1. The van der Waals surface area contributed by atoms with Gasteiger partial charge in [-0.3, -0.25) is 19.8 Å². The molecule has 2 heterocycles. The van der Waals surface area contributed by atoms with Crippen LogP contribution in [0.3, 0.4) is 0 Å². The van der Waals surface area contributed by atoms with E-state index in [1.54, 1.807) is 29.7 Å². The van der Waals surface area contributed by atoms with E-state index in [0.717, 1.165) is 32.7 Å². The number of fused-ring (bicyclic) bond motifs is 1. The van der Waals surface area contributed by atoms with Crippen LogP contribution in [0, 0.1) is 12.8 Å². The number of pyridine rings is 1. The highest BCUT2D eigenvalue weighted by molar-refractivity contribution is 7.88. The second kappa shape index (κ2) is 10.6. The Morgan fingerprint density at radius 1 is 1.17 bits per heavy atom. The van der Waals surface area contributed by atoms with Crippen LogP contribution in [0.1, 0.15) is 28.0 Å². The molecule has 1 aliphatic rings. The summed E-state index contributed by atoms with van der Waals surface area (Å²) < 4.78 is 30.9. The first-order valence-electron chi connectivity index (χ1n) is 11.4. The van der Waals surface area contributed by atoms with Crippen molar-refractivity contribution in [1.29, 1.82) is 0 Å². The first-order valence-corrected chi connectivity index (χ1v) is 13.3. The third kappa shape index (κ3) is 5.81. The Labute approximate surface area is 209 Å². The molecule has 0 spiro atoms. The number of nitrogens with one attached hydrogen (secondary N) is 2. The number of carbonyl (C=O) groups is 2. The summed E-state index contributed by atoms with van der Waals surface area (Å²) >= 11 is 0. The first kappa shape index (κ1) is 25.5. The SMILES string of the molecule is Cc1cc(COc2ccc(C(=O)N[C@@H]3CCN(S(C)(=O)=O)C[C@@H]3C(=O)NO)cc2)c2ccccc2n1. The van der Waals surface area contributed by atoms with E-state index in [4.69, 9.17) is 9.94 Å². The van der Waals surface area contributed by atoms with Crippen LogP contribution >= 0.6 is 0 Å². The molecule has 0 unspecified atom stereocenters. The molecule has 1 saturated heterocycles. The fourth-order valence-electron chi connectivity index (χ4n) is 4.37. The molecule has 2 amide bonds.